The fraction of sp³-hybridized carbons (Fsp3) is 0.500. The summed E-state index contributed by atoms with van der Waals surface area (Å²) in [5.41, 5.74) is 1.34. The molecule has 0 aliphatic rings. The van der Waals surface area contributed by atoms with Crippen LogP contribution >= 0.6 is 0 Å². The van der Waals surface area contributed by atoms with Crippen LogP contribution in [0.3, 0.4) is 0 Å². The minimum Gasteiger partial charge on any atom is -0.380 e. The molecule has 18 heavy (non-hydrogen) atoms. The van der Waals surface area contributed by atoms with Crippen molar-refractivity contribution in [3.05, 3.63) is 23.8 Å². The Morgan fingerprint density at radius 1 is 1.33 bits per heavy atom. The summed E-state index contributed by atoms with van der Waals surface area (Å²) >= 11 is 0. The normalized spacial score (nSPS) is 15.2. The molecule has 0 aliphatic heterocycles. The average molecular weight is 272 g/mol. The predicted octanol–water partition coefficient (Wildman–Crippen LogP) is 1.48. The molecule has 2 atom stereocenters. The van der Waals surface area contributed by atoms with E-state index in [0.717, 1.165) is 0 Å². The highest BCUT2D eigenvalue weighted by Crippen LogP contribution is 2.20. The Kier molecular flexibility index (Phi) is 4.72. The molecule has 0 spiro atoms. The first-order valence-electron chi connectivity index (χ1n) is 5.68. The van der Waals surface area contributed by atoms with Crippen LogP contribution in [-0.4, -0.2) is 27.7 Å². The lowest BCUT2D eigenvalue weighted by atomic mass is 10.1. The number of methoxy groups -OCH3 is 1. The second kappa shape index (κ2) is 5.69. The smallest absolute Gasteiger partial charge is 0.238 e. The molecule has 5 nitrogen and oxygen atoms in total. The van der Waals surface area contributed by atoms with Crippen molar-refractivity contribution in [2.24, 2.45) is 5.14 Å². The van der Waals surface area contributed by atoms with Gasteiger partial charge in [-0.1, -0.05) is 6.07 Å². The molecule has 102 valence electrons. The summed E-state index contributed by atoms with van der Waals surface area (Å²) in [6.07, 6.45) is 0.0178. The Labute approximate surface area is 108 Å². The van der Waals surface area contributed by atoms with E-state index >= 15 is 0 Å². The van der Waals surface area contributed by atoms with Crippen LogP contribution < -0.4 is 10.5 Å². The Bertz CT molecular complexity index is 514. The zero-order valence-electron chi connectivity index (χ0n) is 11.1. The molecule has 2 unspecified atom stereocenters. The van der Waals surface area contributed by atoms with Gasteiger partial charge in [0.25, 0.3) is 0 Å². The van der Waals surface area contributed by atoms with Crippen molar-refractivity contribution in [1.82, 2.24) is 0 Å². The van der Waals surface area contributed by atoms with Crippen LogP contribution in [0.4, 0.5) is 5.69 Å². The third-order valence-corrected chi connectivity index (χ3v) is 4.02. The van der Waals surface area contributed by atoms with Crippen molar-refractivity contribution < 1.29 is 13.2 Å². The monoisotopic (exact) mass is 272 g/mol. The van der Waals surface area contributed by atoms with Crippen LogP contribution in [-0.2, 0) is 14.8 Å². The van der Waals surface area contributed by atoms with Gasteiger partial charge in [0.2, 0.25) is 10.0 Å². The second-order valence-corrected chi connectivity index (χ2v) is 5.93. The van der Waals surface area contributed by atoms with Crippen LogP contribution in [0.1, 0.15) is 19.4 Å². The predicted molar refractivity (Wildman–Crippen MR) is 72.1 cm³/mol. The quantitative estimate of drug-likeness (QED) is 0.850. The minimum absolute atomic E-state index is 0.0178. The van der Waals surface area contributed by atoms with E-state index in [4.69, 9.17) is 9.88 Å². The van der Waals surface area contributed by atoms with Crippen LogP contribution in [0, 0.1) is 6.92 Å². The van der Waals surface area contributed by atoms with Crippen molar-refractivity contribution in [3.63, 3.8) is 0 Å². The number of anilines is 1. The average Bonchev–Trinajstić information content (AvgIpc) is 2.29. The maximum absolute atomic E-state index is 11.4. The summed E-state index contributed by atoms with van der Waals surface area (Å²) in [4.78, 5) is 0.143. The standard InChI is InChI=1S/C12H20N2O3S/c1-8-5-6-11(7-12(8)18(13,15)16)14-9(2)10(3)17-4/h5-7,9-10,14H,1-4H3,(H2,13,15,16). The van der Waals surface area contributed by atoms with Gasteiger partial charge in [-0.3, -0.25) is 0 Å². The third kappa shape index (κ3) is 3.69. The van der Waals surface area contributed by atoms with E-state index in [-0.39, 0.29) is 17.0 Å². The van der Waals surface area contributed by atoms with Gasteiger partial charge in [0.15, 0.2) is 0 Å². The van der Waals surface area contributed by atoms with Crippen molar-refractivity contribution >= 4 is 15.7 Å². The van der Waals surface area contributed by atoms with Crippen LogP contribution in [0.5, 0.6) is 0 Å². The van der Waals surface area contributed by atoms with E-state index < -0.39 is 10.0 Å². The minimum atomic E-state index is -3.69. The van der Waals surface area contributed by atoms with Crippen molar-refractivity contribution in [1.29, 1.82) is 0 Å². The molecule has 3 N–H and O–H groups in total. The maximum Gasteiger partial charge on any atom is 0.238 e. The maximum atomic E-state index is 11.4. The van der Waals surface area contributed by atoms with Gasteiger partial charge in [-0.2, -0.15) is 0 Å². The molecule has 0 heterocycles. The second-order valence-electron chi connectivity index (χ2n) is 4.40. The van der Waals surface area contributed by atoms with E-state index in [1.165, 1.54) is 0 Å². The Balaban J connectivity index is 3.00. The number of aryl methyl sites for hydroxylation is 1. The zero-order valence-corrected chi connectivity index (χ0v) is 11.9. The molecule has 0 radical (unpaired) electrons. The number of benzene rings is 1. The van der Waals surface area contributed by atoms with E-state index in [1.54, 1.807) is 26.2 Å². The lowest BCUT2D eigenvalue weighted by Gasteiger charge is -2.21. The highest BCUT2D eigenvalue weighted by Gasteiger charge is 2.15. The summed E-state index contributed by atoms with van der Waals surface area (Å²) in [6.45, 7) is 5.61. The summed E-state index contributed by atoms with van der Waals surface area (Å²) in [6, 6.07) is 5.16. The molecule has 1 aromatic carbocycles. The summed E-state index contributed by atoms with van der Waals surface area (Å²) < 4.78 is 28.0. The Morgan fingerprint density at radius 3 is 2.44 bits per heavy atom. The number of nitrogens with one attached hydrogen (secondary N) is 1. The molecule has 0 saturated carbocycles. The first-order chi connectivity index (χ1) is 8.25. The van der Waals surface area contributed by atoms with E-state index in [1.807, 2.05) is 19.9 Å². The number of primary sulfonamides is 1. The molecule has 0 aliphatic carbocycles. The van der Waals surface area contributed by atoms with Crippen molar-refractivity contribution in [2.75, 3.05) is 12.4 Å². The number of rotatable bonds is 5. The first-order valence-corrected chi connectivity index (χ1v) is 7.23. The third-order valence-electron chi connectivity index (χ3n) is 2.96. The van der Waals surface area contributed by atoms with Crippen molar-refractivity contribution in [2.45, 2.75) is 37.8 Å². The molecule has 0 aromatic heterocycles. The molecule has 0 amide bonds. The van der Waals surface area contributed by atoms with Gasteiger partial charge in [-0.05, 0) is 38.5 Å². The molecular weight excluding hydrogens is 252 g/mol. The molecular formula is C12H20N2O3S. The van der Waals surface area contributed by atoms with Crippen molar-refractivity contribution in [3.8, 4) is 0 Å². The van der Waals surface area contributed by atoms with E-state index in [9.17, 15) is 8.42 Å². The Morgan fingerprint density at radius 2 is 1.94 bits per heavy atom. The van der Waals surface area contributed by atoms with Crippen LogP contribution in [0.15, 0.2) is 23.1 Å². The summed E-state index contributed by atoms with van der Waals surface area (Å²) in [7, 11) is -2.06. The lowest BCUT2D eigenvalue weighted by molar-refractivity contribution is 0.106. The number of sulfonamides is 1. The number of hydrogen-bond acceptors (Lipinski definition) is 4. The van der Waals surface area contributed by atoms with E-state index in [2.05, 4.69) is 5.32 Å². The molecule has 6 heteroatoms. The van der Waals surface area contributed by atoms with Gasteiger partial charge >= 0.3 is 0 Å². The van der Waals surface area contributed by atoms with Gasteiger partial charge in [0, 0.05) is 18.8 Å². The topological polar surface area (TPSA) is 81.4 Å². The molecule has 0 bridgehead atoms. The number of nitrogens with two attached hydrogens (primary N) is 1. The summed E-state index contributed by atoms with van der Waals surface area (Å²) in [5, 5.41) is 8.35. The highest BCUT2D eigenvalue weighted by molar-refractivity contribution is 7.89. The number of hydrogen-bond donors (Lipinski definition) is 2. The molecule has 0 saturated heterocycles. The molecule has 0 fully saturated rings. The SMILES string of the molecule is COC(C)C(C)Nc1ccc(C)c(S(N)(=O)=O)c1. The fourth-order valence-corrected chi connectivity index (χ4v) is 2.39. The first kappa shape index (κ1) is 14.9. The van der Waals surface area contributed by atoms with Gasteiger partial charge in [-0.25, -0.2) is 13.6 Å². The van der Waals surface area contributed by atoms with Crippen LogP contribution in [0.2, 0.25) is 0 Å². The van der Waals surface area contributed by atoms with Crippen LogP contribution in [0.25, 0.3) is 0 Å². The van der Waals surface area contributed by atoms with Gasteiger partial charge < -0.3 is 10.1 Å². The zero-order chi connectivity index (χ0) is 13.9. The van der Waals surface area contributed by atoms with Gasteiger partial charge in [-0.15, -0.1) is 0 Å². The Hall–Kier alpha value is -1.11. The van der Waals surface area contributed by atoms with Gasteiger partial charge in [0.05, 0.1) is 11.0 Å². The number of ether oxygens (including phenoxy) is 1. The largest absolute Gasteiger partial charge is 0.380 e. The fourth-order valence-electron chi connectivity index (χ4n) is 1.58. The highest BCUT2D eigenvalue weighted by atomic mass is 32.2. The van der Waals surface area contributed by atoms with Gasteiger partial charge in [0.1, 0.15) is 0 Å². The molecule has 1 rings (SSSR count). The molecule has 1 aromatic rings. The van der Waals surface area contributed by atoms with E-state index in [0.29, 0.717) is 11.3 Å². The summed E-state index contributed by atoms with van der Waals surface area (Å²) in [5.74, 6) is 0. The lowest BCUT2D eigenvalue weighted by Crippen LogP contribution is -2.29.